The number of hydrogen-bond acceptors (Lipinski definition) is 3. The van der Waals surface area contributed by atoms with Crippen LogP contribution in [0, 0.1) is 4.64 Å². The van der Waals surface area contributed by atoms with E-state index in [9.17, 15) is 0 Å². The molecule has 0 amide bonds. The fraction of sp³-hybridized carbons (Fsp3) is 0.500. The average Bonchev–Trinajstić information content (AvgIpc) is 1.88. The average molecular weight is 155 g/mol. The summed E-state index contributed by atoms with van der Waals surface area (Å²) in [6, 6.07) is 0. The first kappa shape index (κ1) is 7.34. The predicted octanol–water partition coefficient (Wildman–Crippen LogP) is 1.66. The van der Waals surface area contributed by atoms with Gasteiger partial charge in [0.25, 0.3) is 0 Å². The molecule has 0 radical (unpaired) electrons. The Kier molecular flexibility index (Phi) is 2.11. The van der Waals surface area contributed by atoms with Gasteiger partial charge < -0.3 is 0 Å². The first-order valence-corrected chi connectivity index (χ1v) is 3.52. The molecule has 0 saturated heterocycles. The maximum absolute atomic E-state index is 4.95. The van der Waals surface area contributed by atoms with Crippen LogP contribution >= 0.6 is 12.2 Å². The molecule has 0 atom stereocenters. The molecule has 0 unspecified atom stereocenters. The van der Waals surface area contributed by atoms with E-state index < -0.39 is 0 Å². The second kappa shape index (κ2) is 2.88. The number of rotatable bonds is 1. The van der Waals surface area contributed by atoms with Crippen LogP contribution in [0.4, 0.5) is 0 Å². The molecule has 4 heteroatoms. The van der Waals surface area contributed by atoms with E-state index >= 15 is 0 Å². The Bertz CT molecular complexity index is 266. The van der Waals surface area contributed by atoms with E-state index in [4.69, 9.17) is 12.2 Å². The van der Waals surface area contributed by atoms with Gasteiger partial charge in [-0.2, -0.15) is 5.10 Å². The normalized spacial score (nSPS) is 10.3. The topological polar surface area (TPSA) is 41.6 Å². The second-order valence-corrected chi connectivity index (χ2v) is 2.76. The highest BCUT2D eigenvalue weighted by atomic mass is 32.1. The van der Waals surface area contributed by atoms with E-state index in [1.54, 1.807) is 0 Å². The van der Waals surface area contributed by atoms with Crippen molar-refractivity contribution in [3.05, 3.63) is 16.7 Å². The van der Waals surface area contributed by atoms with Gasteiger partial charge in [0.1, 0.15) is 11.0 Å². The molecule has 3 nitrogen and oxygen atoms in total. The molecule has 0 aromatic carbocycles. The number of aromatic nitrogens is 3. The lowest BCUT2D eigenvalue weighted by molar-refractivity contribution is 0.777. The van der Waals surface area contributed by atoms with Crippen LogP contribution in [0.3, 0.4) is 0 Å². The van der Waals surface area contributed by atoms with Gasteiger partial charge in [-0.1, -0.05) is 26.1 Å². The Morgan fingerprint density at radius 1 is 1.60 bits per heavy atom. The summed E-state index contributed by atoms with van der Waals surface area (Å²) in [5, 5.41) is 6.37. The van der Waals surface area contributed by atoms with Gasteiger partial charge in [0.05, 0.1) is 5.69 Å². The zero-order valence-corrected chi connectivity index (χ0v) is 6.77. The van der Waals surface area contributed by atoms with E-state index in [1.165, 1.54) is 6.33 Å². The minimum Gasteiger partial charge on any atom is -0.265 e. The van der Waals surface area contributed by atoms with Crippen LogP contribution in [0.5, 0.6) is 0 Å². The van der Waals surface area contributed by atoms with Crippen molar-refractivity contribution < 1.29 is 0 Å². The van der Waals surface area contributed by atoms with E-state index in [0.717, 1.165) is 5.69 Å². The summed E-state index contributed by atoms with van der Waals surface area (Å²) in [5.41, 5.74) is 0.907. The molecule has 0 bridgehead atoms. The van der Waals surface area contributed by atoms with Gasteiger partial charge in [-0.15, -0.1) is 0 Å². The third-order valence-electron chi connectivity index (χ3n) is 1.20. The molecule has 0 saturated carbocycles. The molecule has 54 valence electrons. The molecule has 1 heterocycles. The van der Waals surface area contributed by atoms with Crippen molar-refractivity contribution in [1.29, 1.82) is 0 Å². The summed E-state index contributed by atoms with van der Waals surface area (Å²) in [7, 11) is 0. The largest absolute Gasteiger partial charge is 0.265 e. The lowest BCUT2D eigenvalue weighted by Gasteiger charge is -2.00. The van der Waals surface area contributed by atoms with E-state index in [-0.39, 0.29) is 0 Å². The molecular weight excluding hydrogens is 146 g/mol. The van der Waals surface area contributed by atoms with Crippen molar-refractivity contribution in [2.75, 3.05) is 0 Å². The second-order valence-electron chi connectivity index (χ2n) is 2.35. The van der Waals surface area contributed by atoms with E-state index in [2.05, 4.69) is 15.2 Å². The van der Waals surface area contributed by atoms with Crippen molar-refractivity contribution in [2.45, 2.75) is 19.8 Å². The fourth-order valence-corrected chi connectivity index (χ4v) is 1.05. The van der Waals surface area contributed by atoms with Gasteiger partial charge in [0, 0.05) is 0 Å². The quantitative estimate of drug-likeness (QED) is 0.627. The van der Waals surface area contributed by atoms with Crippen LogP contribution < -0.4 is 0 Å². The Morgan fingerprint density at radius 2 is 2.30 bits per heavy atom. The van der Waals surface area contributed by atoms with Gasteiger partial charge in [-0.25, -0.2) is 4.98 Å². The molecule has 1 aromatic heterocycles. The van der Waals surface area contributed by atoms with E-state index in [0.29, 0.717) is 10.6 Å². The molecular formula is C6H9N3S. The monoisotopic (exact) mass is 155 g/mol. The third kappa shape index (κ3) is 1.39. The highest BCUT2D eigenvalue weighted by molar-refractivity contribution is 7.71. The van der Waals surface area contributed by atoms with Gasteiger partial charge >= 0.3 is 0 Å². The fourth-order valence-electron chi connectivity index (χ4n) is 0.706. The minimum absolute atomic E-state index is 0.367. The van der Waals surface area contributed by atoms with Crippen LogP contribution in [0.1, 0.15) is 25.5 Å². The van der Waals surface area contributed by atoms with Gasteiger partial charge in [-0.3, -0.25) is 5.10 Å². The summed E-state index contributed by atoms with van der Waals surface area (Å²) >= 11 is 4.95. The zero-order chi connectivity index (χ0) is 7.56. The summed E-state index contributed by atoms with van der Waals surface area (Å²) in [6.45, 7) is 4.10. The van der Waals surface area contributed by atoms with Crippen LogP contribution in [0.15, 0.2) is 6.33 Å². The number of nitrogens with one attached hydrogen (secondary N) is 1. The number of aromatic amines is 1. The molecule has 1 rings (SSSR count). The Balaban J connectivity index is 3.16. The first-order valence-electron chi connectivity index (χ1n) is 3.11. The minimum atomic E-state index is 0.367. The van der Waals surface area contributed by atoms with Crippen molar-refractivity contribution >= 4 is 12.2 Å². The highest BCUT2D eigenvalue weighted by Gasteiger charge is 2.00. The smallest absolute Gasteiger partial charge is 0.141 e. The number of hydrogen-bond donors (Lipinski definition) is 1. The van der Waals surface area contributed by atoms with Crippen molar-refractivity contribution in [2.24, 2.45) is 0 Å². The third-order valence-corrected chi connectivity index (χ3v) is 1.50. The summed E-state index contributed by atoms with van der Waals surface area (Å²) in [5.74, 6) is 0.367. The number of H-pyrrole nitrogens is 1. The predicted molar refractivity (Wildman–Crippen MR) is 41.3 cm³/mol. The van der Waals surface area contributed by atoms with Gasteiger partial charge in [0.15, 0.2) is 0 Å². The maximum atomic E-state index is 4.95. The SMILES string of the molecule is CC(C)c1ncn[nH]c1=S. The van der Waals surface area contributed by atoms with Crippen LogP contribution in [0.2, 0.25) is 0 Å². The number of nitrogens with zero attached hydrogens (tertiary/aromatic N) is 2. The maximum Gasteiger partial charge on any atom is 0.141 e. The summed E-state index contributed by atoms with van der Waals surface area (Å²) in [4.78, 5) is 4.03. The van der Waals surface area contributed by atoms with Crippen LogP contribution in [-0.4, -0.2) is 15.2 Å². The van der Waals surface area contributed by atoms with Crippen molar-refractivity contribution in [3.8, 4) is 0 Å². The van der Waals surface area contributed by atoms with Gasteiger partial charge in [0.2, 0.25) is 0 Å². The first-order chi connectivity index (χ1) is 4.72. The molecule has 1 N–H and O–H groups in total. The molecule has 0 fully saturated rings. The van der Waals surface area contributed by atoms with Crippen LogP contribution in [0.25, 0.3) is 0 Å². The Morgan fingerprint density at radius 3 is 2.70 bits per heavy atom. The van der Waals surface area contributed by atoms with Crippen molar-refractivity contribution in [3.63, 3.8) is 0 Å². The Hall–Kier alpha value is -0.770. The molecule has 0 aliphatic carbocycles. The lowest BCUT2D eigenvalue weighted by Crippen LogP contribution is -1.96. The summed E-state index contributed by atoms with van der Waals surface area (Å²) < 4.78 is 0.637. The van der Waals surface area contributed by atoms with Gasteiger partial charge in [-0.05, 0) is 5.92 Å². The van der Waals surface area contributed by atoms with Crippen molar-refractivity contribution in [1.82, 2.24) is 15.2 Å². The molecule has 0 spiro atoms. The zero-order valence-electron chi connectivity index (χ0n) is 5.96. The molecule has 0 aliphatic heterocycles. The van der Waals surface area contributed by atoms with Crippen LogP contribution in [-0.2, 0) is 0 Å². The standard InChI is InChI=1S/C6H9N3S/c1-4(2)5-6(10)9-8-3-7-5/h3-4H,1-2H3,(H,9,10). The molecule has 0 aliphatic rings. The highest BCUT2D eigenvalue weighted by Crippen LogP contribution is 2.08. The summed E-state index contributed by atoms with van der Waals surface area (Å²) in [6.07, 6.45) is 1.48. The molecule has 10 heavy (non-hydrogen) atoms. The van der Waals surface area contributed by atoms with E-state index in [1.807, 2.05) is 13.8 Å². The molecule has 1 aromatic rings. The lowest BCUT2D eigenvalue weighted by atomic mass is 10.1. The Labute approximate surface area is 64.5 Å².